The summed E-state index contributed by atoms with van der Waals surface area (Å²) in [4.78, 5) is 11.4. The van der Waals surface area contributed by atoms with Gasteiger partial charge in [-0.2, -0.15) is 0 Å². The van der Waals surface area contributed by atoms with Gasteiger partial charge >= 0.3 is 0 Å². The summed E-state index contributed by atoms with van der Waals surface area (Å²) in [6.45, 7) is 0. The van der Waals surface area contributed by atoms with Crippen molar-refractivity contribution in [3.63, 3.8) is 0 Å². The molecule has 0 aromatic heterocycles. The van der Waals surface area contributed by atoms with Crippen LogP contribution in [0.15, 0.2) is 24.3 Å². The first-order chi connectivity index (χ1) is 5.29. The van der Waals surface area contributed by atoms with E-state index in [1.54, 1.807) is 0 Å². The summed E-state index contributed by atoms with van der Waals surface area (Å²) in [5.41, 5.74) is 1.66. The molecule has 0 fully saturated rings. The van der Waals surface area contributed by atoms with Crippen LogP contribution in [0.5, 0.6) is 0 Å². The Labute approximate surface area is 69.2 Å². The second kappa shape index (κ2) is 2.13. The van der Waals surface area contributed by atoms with Crippen molar-refractivity contribution in [2.24, 2.45) is 0 Å². The molecule has 0 unspecified atom stereocenters. The maximum atomic E-state index is 11.0. The Bertz CT molecular complexity index is 346. The highest BCUT2D eigenvalue weighted by Gasteiger charge is 2.22. The number of para-hydroxylation sites is 1. The fourth-order valence-corrected chi connectivity index (χ4v) is 1.32. The van der Waals surface area contributed by atoms with Crippen molar-refractivity contribution in [1.29, 1.82) is 0 Å². The highest BCUT2D eigenvalue weighted by Crippen LogP contribution is 2.22. The number of hydrogen-bond acceptors (Lipinski definition) is 2. The van der Waals surface area contributed by atoms with E-state index in [-0.39, 0.29) is 5.91 Å². The summed E-state index contributed by atoms with van der Waals surface area (Å²) in [5, 5.41) is 2.67. The lowest BCUT2D eigenvalue weighted by Crippen LogP contribution is -2.11. The van der Waals surface area contributed by atoms with Gasteiger partial charge in [0.2, 0.25) is 0 Å². The standard InChI is InChI=1S/C8H5NOS/c10-8-7(11)5-3-1-2-4-6(5)9-8/h1-4H,(H,9,10,11). The van der Waals surface area contributed by atoms with Crippen LogP contribution in [0, 0.1) is 0 Å². The highest BCUT2D eigenvalue weighted by molar-refractivity contribution is 7.82. The molecule has 0 aliphatic carbocycles. The molecule has 0 saturated carbocycles. The van der Waals surface area contributed by atoms with Crippen LogP contribution in [0.25, 0.3) is 0 Å². The van der Waals surface area contributed by atoms with E-state index in [9.17, 15) is 4.79 Å². The molecule has 11 heavy (non-hydrogen) atoms. The number of nitrogens with one attached hydrogen (secondary N) is 1. The quantitative estimate of drug-likeness (QED) is 0.585. The minimum Gasteiger partial charge on any atom is -0.321 e. The van der Waals surface area contributed by atoms with Crippen LogP contribution in [0.4, 0.5) is 5.69 Å². The Balaban J connectivity index is 2.64. The summed E-state index contributed by atoms with van der Waals surface area (Å²) in [7, 11) is 0. The lowest BCUT2D eigenvalue weighted by atomic mass is 10.2. The van der Waals surface area contributed by atoms with Crippen molar-refractivity contribution in [2.45, 2.75) is 0 Å². The molecule has 2 rings (SSSR count). The Hall–Kier alpha value is -1.22. The molecule has 0 atom stereocenters. The smallest absolute Gasteiger partial charge is 0.267 e. The predicted octanol–water partition coefficient (Wildman–Crippen LogP) is 1.36. The summed E-state index contributed by atoms with van der Waals surface area (Å²) in [6.07, 6.45) is 0. The average Bonchev–Trinajstić information content (AvgIpc) is 2.30. The Morgan fingerprint density at radius 3 is 2.73 bits per heavy atom. The lowest BCUT2D eigenvalue weighted by molar-refractivity contribution is -0.109. The number of hydrogen-bond donors (Lipinski definition) is 1. The van der Waals surface area contributed by atoms with E-state index in [4.69, 9.17) is 12.2 Å². The van der Waals surface area contributed by atoms with Crippen molar-refractivity contribution in [3.05, 3.63) is 29.8 Å². The Morgan fingerprint density at radius 1 is 1.27 bits per heavy atom. The van der Waals surface area contributed by atoms with E-state index < -0.39 is 0 Å². The van der Waals surface area contributed by atoms with Gasteiger partial charge in [-0.05, 0) is 6.07 Å². The van der Waals surface area contributed by atoms with Crippen molar-refractivity contribution in [3.8, 4) is 0 Å². The van der Waals surface area contributed by atoms with Crippen molar-refractivity contribution >= 4 is 28.7 Å². The molecular formula is C8H5NOS. The van der Waals surface area contributed by atoms with Gasteiger partial charge in [-0.3, -0.25) is 4.79 Å². The van der Waals surface area contributed by atoms with Gasteiger partial charge in [-0.1, -0.05) is 30.4 Å². The van der Waals surface area contributed by atoms with E-state index in [1.165, 1.54) is 0 Å². The number of fused-ring (bicyclic) bond motifs is 1. The Morgan fingerprint density at radius 2 is 2.00 bits per heavy atom. The predicted molar refractivity (Wildman–Crippen MR) is 46.8 cm³/mol. The lowest BCUT2D eigenvalue weighted by Gasteiger charge is -1.92. The van der Waals surface area contributed by atoms with Crippen LogP contribution < -0.4 is 5.32 Å². The summed E-state index contributed by atoms with van der Waals surface area (Å²) < 4.78 is 0. The van der Waals surface area contributed by atoms with Gasteiger partial charge < -0.3 is 5.32 Å². The number of benzene rings is 1. The van der Waals surface area contributed by atoms with Crippen LogP contribution in [-0.2, 0) is 4.79 Å². The van der Waals surface area contributed by atoms with E-state index >= 15 is 0 Å². The van der Waals surface area contributed by atoms with Gasteiger partial charge in [-0.25, -0.2) is 0 Å². The largest absolute Gasteiger partial charge is 0.321 e. The number of carbonyl (C=O) groups is 1. The zero-order chi connectivity index (χ0) is 7.84. The molecule has 0 radical (unpaired) electrons. The number of amides is 1. The van der Waals surface area contributed by atoms with E-state index in [0.717, 1.165) is 11.3 Å². The SMILES string of the molecule is O=C1Nc2ccccc2C1=S. The maximum Gasteiger partial charge on any atom is 0.267 e. The topological polar surface area (TPSA) is 29.1 Å². The number of carbonyl (C=O) groups excluding carboxylic acids is 1. The molecule has 1 aliphatic rings. The second-order valence-electron chi connectivity index (χ2n) is 2.33. The molecule has 1 aromatic carbocycles. The summed E-state index contributed by atoms with van der Waals surface area (Å²) in [5.74, 6) is -0.166. The van der Waals surface area contributed by atoms with Crippen molar-refractivity contribution in [1.82, 2.24) is 0 Å². The van der Waals surface area contributed by atoms with Gasteiger partial charge in [0.1, 0.15) is 4.86 Å². The average molecular weight is 163 g/mol. The molecule has 54 valence electrons. The van der Waals surface area contributed by atoms with Crippen LogP contribution in [-0.4, -0.2) is 10.8 Å². The molecule has 0 spiro atoms. The van der Waals surface area contributed by atoms with Crippen LogP contribution in [0.1, 0.15) is 5.56 Å². The first kappa shape index (κ1) is 6.49. The highest BCUT2D eigenvalue weighted by atomic mass is 32.1. The van der Waals surface area contributed by atoms with E-state index in [2.05, 4.69) is 5.32 Å². The van der Waals surface area contributed by atoms with Gasteiger partial charge in [0.25, 0.3) is 5.91 Å². The van der Waals surface area contributed by atoms with Crippen molar-refractivity contribution in [2.75, 3.05) is 5.32 Å². The molecule has 1 N–H and O–H groups in total. The zero-order valence-corrected chi connectivity index (χ0v) is 6.44. The van der Waals surface area contributed by atoms with Crippen molar-refractivity contribution < 1.29 is 4.79 Å². The normalized spacial score (nSPS) is 14.5. The molecule has 1 aliphatic heterocycles. The van der Waals surface area contributed by atoms with Crippen LogP contribution in [0.3, 0.4) is 0 Å². The third-order valence-electron chi connectivity index (χ3n) is 1.63. The summed E-state index contributed by atoms with van der Waals surface area (Å²) >= 11 is 4.88. The number of rotatable bonds is 0. The van der Waals surface area contributed by atoms with Gasteiger partial charge in [0, 0.05) is 11.3 Å². The van der Waals surface area contributed by atoms with Crippen LogP contribution in [0.2, 0.25) is 0 Å². The molecule has 2 nitrogen and oxygen atoms in total. The van der Waals surface area contributed by atoms with Gasteiger partial charge in [-0.15, -0.1) is 0 Å². The molecule has 1 heterocycles. The zero-order valence-electron chi connectivity index (χ0n) is 5.63. The fourth-order valence-electron chi connectivity index (χ4n) is 1.09. The third kappa shape index (κ3) is 0.851. The third-order valence-corrected chi connectivity index (χ3v) is 2.03. The molecule has 0 bridgehead atoms. The Kier molecular flexibility index (Phi) is 1.26. The monoisotopic (exact) mass is 163 g/mol. The molecular weight excluding hydrogens is 158 g/mol. The first-order valence-electron chi connectivity index (χ1n) is 3.24. The number of anilines is 1. The number of thiocarbonyl (C=S) groups is 1. The summed E-state index contributed by atoms with van der Waals surface area (Å²) in [6, 6.07) is 7.42. The van der Waals surface area contributed by atoms with Gasteiger partial charge in [0.05, 0.1) is 0 Å². The van der Waals surface area contributed by atoms with E-state index in [0.29, 0.717) is 4.86 Å². The van der Waals surface area contributed by atoms with Gasteiger partial charge in [0.15, 0.2) is 0 Å². The second-order valence-corrected chi connectivity index (χ2v) is 2.74. The van der Waals surface area contributed by atoms with E-state index in [1.807, 2.05) is 24.3 Å². The fraction of sp³-hybridized carbons (Fsp3) is 0. The molecule has 0 saturated heterocycles. The minimum absolute atomic E-state index is 0.166. The molecule has 1 aromatic rings. The minimum atomic E-state index is -0.166. The molecule has 1 amide bonds. The maximum absolute atomic E-state index is 11.0. The molecule has 3 heteroatoms. The first-order valence-corrected chi connectivity index (χ1v) is 3.64. The van der Waals surface area contributed by atoms with Crippen LogP contribution >= 0.6 is 12.2 Å².